The standard InChI is InChI=1S/C31H36N2O7/c1-36-25-12-8-11-23(15-25)21-40-26-18-32(14-13-22-9-6-5-7-10-22)29(34)20-33(19-26)31(35)24-16-27(37-2)30(39-4)28(17-24)38-3/h5-12,15-17,26H,13-14,18-21H2,1-4H3. The van der Waals surface area contributed by atoms with E-state index in [2.05, 4.69) is 0 Å². The molecular formula is C31H36N2O7. The van der Waals surface area contributed by atoms with Crippen molar-refractivity contribution in [2.24, 2.45) is 0 Å². The fraction of sp³-hybridized carbons (Fsp3) is 0.355. The first-order chi connectivity index (χ1) is 19.4. The van der Waals surface area contributed by atoms with Crippen LogP contribution >= 0.6 is 0 Å². The molecule has 40 heavy (non-hydrogen) atoms. The Morgan fingerprint density at radius 3 is 2.17 bits per heavy atom. The summed E-state index contributed by atoms with van der Waals surface area (Å²) in [5.41, 5.74) is 2.40. The lowest BCUT2D eigenvalue weighted by atomic mass is 10.1. The Kier molecular flexibility index (Phi) is 9.86. The summed E-state index contributed by atoms with van der Waals surface area (Å²) in [6, 6.07) is 20.8. The summed E-state index contributed by atoms with van der Waals surface area (Å²) in [6.45, 7) is 1.38. The first-order valence-corrected chi connectivity index (χ1v) is 13.1. The SMILES string of the molecule is COc1cccc(COC2CN(CCc3ccccc3)C(=O)CN(C(=O)c3cc(OC)c(OC)c(OC)c3)C2)c1. The second-order valence-electron chi connectivity index (χ2n) is 9.46. The summed E-state index contributed by atoms with van der Waals surface area (Å²) in [6.07, 6.45) is 0.301. The van der Waals surface area contributed by atoms with Gasteiger partial charge in [-0.15, -0.1) is 0 Å². The van der Waals surface area contributed by atoms with Crippen LogP contribution in [0.3, 0.4) is 0 Å². The lowest BCUT2D eigenvalue weighted by molar-refractivity contribution is -0.131. The van der Waals surface area contributed by atoms with Crippen LogP contribution in [0.15, 0.2) is 66.7 Å². The average Bonchev–Trinajstić information content (AvgIpc) is 3.16. The van der Waals surface area contributed by atoms with E-state index in [4.69, 9.17) is 23.7 Å². The van der Waals surface area contributed by atoms with Crippen LogP contribution in [-0.4, -0.2) is 82.3 Å². The largest absolute Gasteiger partial charge is 0.497 e. The molecule has 3 aromatic rings. The quantitative estimate of drug-likeness (QED) is 0.360. The monoisotopic (exact) mass is 548 g/mol. The number of benzene rings is 3. The summed E-state index contributed by atoms with van der Waals surface area (Å²) in [7, 11) is 6.11. The maximum absolute atomic E-state index is 13.8. The molecule has 0 aliphatic carbocycles. The van der Waals surface area contributed by atoms with E-state index in [1.807, 2.05) is 54.6 Å². The van der Waals surface area contributed by atoms with Gasteiger partial charge in [0.05, 0.1) is 41.2 Å². The van der Waals surface area contributed by atoms with Gasteiger partial charge in [-0.05, 0) is 41.8 Å². The molecule has 1 atom stereocenters. The lowest BCUT2D eigenvalue weighted by Crippen LogP contribution is -2.40. The Labute approximate surface area is 235 Å². The first kappa shape index (κ1) is 28.8. The molecule has 0 bridgehead atoms. The van der Waals surface area contributed by atoms with E-state index < -0.39 is 6.10 Å². The molecular weight excluding hydrogens is 512 g/mol. The number of amides is 2. The van der Waals surface area contributed by atoms with Gasteiger partial charge >= 0.3 is 0 Å². The predicted octanol–water partition coefficient (Wildman–Crippen LogP) is 3.83. The minimum atomic E-state index is -0.403. The highest BCUT2D eigenvalue weighted by atomic mass is 16.5. The van der Waals surface area contributed by atoms with Crippen LogP contribution in [0, 0.1) is 0 Å². The van der Waals surface area contributed by atoms with Crippen molar-refractivity contribution in [3.05, 3.63) is 83.4 Å². The molecule has 0 N–H and O–H groups in total. The van der Waals surface area contributed by atoms with Gasteiger partial charge in [0, 0.05) is 25.2 Å². The summed E-state index contributed by atoms with van der Waals surface area (Å²) in [5, 5.41) is 0. The highest BCUT2D eigenvalue weighted by Crippen LogP contribution is 2.38. The van der Waals surface area contributed by atoms with Gasteiger partial charge in [-0.1, -0.05) is 42.5 Å². The fourth-order valence-electron chi connectivity index (χ4n) is 4.73. The van der Waals surface area contributed by atoms with Crippen LogP contribution in [0.5, 0.6) is 23.0 Å². The van der Waals surface area contributed by atoms with Gasteiger partial charge < -0.3 is 33.5 Å². The van der Waals surface area contributed by atoms with Crippen molar-refractivity contribution in [2.45, 2.75) is 19.1 Å². The molecule has 0 radical (unpaired) electrons. The molecule has 0 aromatic heterocycles. The van der Waals surface area contributed by atoms with Crippen LogP contribution < -0.4 is 18.9 Å². The lowest BCUT2D eigenvalue weighted by Gasteiger charge is -2.25. The van der Waals surface area contributed by atoms with E-state index in [9.17, 15) is 9.59 Å². The van der Waals surface area contributed by atoms with E-state index in [-0.39, 0.29) is 24.9 Å². The Bertz CT molecular complexity index is 1270. The molecule has 1 aliphatic rings. The third-order valence-corrected chi connectivity index (χ3v) is 6.86. The van der Waals surface area contributed by atoms with E-state index in [0.29, 0.717) is 48.9 Å². The van der Waals surface area contributed by atoms with Crippen molar-refractivity contribution in [2.75, 3.05) is 54.6 Å². The maximum atomic E-state index is 13.8. The van der Waals surface area contributed by atoms with E-state index in [1.54, 1.807) is 24.1 Å². The molecule has 0 spiro atoms. The summed E-state index contributed by atoms with van der Waals surface area (Å²) in [4.78, 5) is 30.5. The zero-order valence-corrected chi connectivity index (χ0v) is 23.4. The molecule has 1 fully saturated rings. The van der Waals surface area contributed by atoms with Crippen molar-refractivity contribution in [1.29, 1.82) is 0 Å². The minimum Gasteiger partial charge on any atom is -0.497 e. The number of hydrogen-bond donors (Lipinski definition) is 0. The molecule has 9 nitrogen and oxygen atoms in total. The van der Waals surface area contributed by atoms with Gasteiger partial charge in [-0.2, -0.15) is 0 Å². The van der Waals surface area contributed by atoms with Gasteiger partial charge in [-0.3, -0.25) is 9.59 Å². The molecule has 1 aliphatic heterocycles. The highest BCUT2D eigenvalue weighted by Gasteiger charge is 2.32. The third kappa shape index (κ3) is 7.04. The smallest absolute Gasteiger partial charge is 0.254 e. The number of methoxy groups -OCH3 is 4. The van der Waals surface area contributed by atoms with Gasteiger partial charge in [0.15, 0.2) is 11.5 Å². The number of carbonyl (C=O) groups excluding carboxylic acids is 2. The van der Waals surface area contributed by atoms with Crippen molar-refractivity contribution in [3.8, 4) is 23.0 Å². The average molecular weight is 549 g/mol. The number of carbonyl (C=O) groups is 2. The van der Waals surface area contributed by atoms with Gasteiger partial charge in [0.1, 0.15) is 12.3 Å². The predicted molar refractivity (Wildman–Crippen MR) is 150 cm³/mol. The topological polar surface area (TPSA) is 86.8 Å². The van der Waals surface area contributed by atoms with Crippen molar-refractivity contribution in [1.82, 2.24) is 9.80 Å². The van der Waals surface area contributed by atoms with E-state index >= 15 is 0 Å². The maximum Gasteiger partial charge on any atom is 0.254 e. The number of hydrogen-bond acceptors (Lipinski definition) is 7. The summed E-state index contributed by atoms with van der Waals surface area (Å²) < 4.78 is 27.9. The molecule has 9 heteroatoms. The van der Waals surface area contributed by atoms with Crippen LogP contribution in [-0.2, 0) is 22.6 Å². The van der Waals surface area contributed by atoms with Crippen molar-refractivity contribution in [3.63, 3.8) is 0 Å². The molecule has 2 amide bonds. The normalized spacial score (nSPS) is 15.4. The molecule has 3 aromatic carbocycles. The zero-order chi connectivity index (χ0) is 28.5. The van der Waals surface area contributed by atoms with Gasteiger partial charge in [-0.25, -0.2) is 0 Å². The molecule has 1 saturated heterocycles. The number of nitrogens with zero attached hydrogens (tertiary/aromatic N) is 2. The van der Waals surface area contributed by atoms with Gasteiger partial charge in [0.25, 0.3) is 5.91 Å². The Morgan fingerprint density at radius 1 is 0.825 bits per heavy atom. The zero-order valence-electron chi connectivity index (χ0n) is 23.4. The molecule has 4 rings (SSSR count). The minimum absolute atomic E-state index is 0.0662. The van der Waals surface area contributed by atoms with Crippen molar-refractivity contribution < 1.29 is 33.3 Å². The second kappa shape index (κ2) is 13.7. The Hall–Kier alpha value is -4.24. The summed E-state index contributed by atoms with van der Waals surface area (Å²) >= 11 is 0. The van der Waals surface area contributed by atoms with Crippen LogP contribution in [0.1, 0.15) is 21.5 Å². The van der Waals surface area contributed by atoms with Crippen LogP contribution in [0.4, 0.5) is 0 Å². The molecule has 212 valence electrons. The fourth-order valence-corrected chi connectivity index (χ4v) is 4.73. The molecule has 1 heterocycles. The van der Waals surface area contributed by atoms with E-state index in [0.717, 1.165) is 16.9 Å². The van der Waals surface area contributed by atoms with Gasteiger partial charge in [0.2, 0.25) is 11.7 Å². The van der Waals surface area contributed by atoms with Crippen LogP contribution in [0.2, 0.25) is 0 Å². The number of rotatable bonds is 11. The first-order valence-electron chi connectivity index (χ1n) is 13.1. The molecule has 0 saturated carbocycles. The van der Waals surface area contributed by atoms with Crippen LogP contribution in [0.25, 0.3) is 0 Å². The number of ether oxygens (including phenoxy) is 5. The highest BCUT2D eigenvalue weighted by molar-refractivity contribution is 5.98. The van der Waals surface area contributed by atoms with E-state index in [1.165, 1.54) is 26.2 Å². The molecule has 1 unspecified atom stereocenters. The second-order valence-corrected chi connectivity index (χ2v) is 9.46. The summed E-state index contributed by atoms with van der Waals surface area (Å²) in [5.74, 6) is 1.39. The Morgan fingerprint density at radius 2 is 1.52 bits per heavy atom. The third-order valence-electron chi connectivity index (χ3n) is 6.86. The van der Waals surface area contributed by atoms with Crippen molar-refractivity contribution >= 4 is 11.8 Å². The Balaban J connectivity index is 1.57.